The zero-order valence-corrected chi connectivity index (χ0v) is 24.5. The van der Waals surface area contributed by atoms with E-state index in [4.69, 9.17) is 0 Å². The largest absolute Gasteiger partial charge is 0.507 e. The van der Waals surface area contributed by atoms with Gasteiger partial charge in [-0.2, -0.15) is 0 Å². The van der Waals surface area contributed by atoms with Gasteiger partial charge in [-0.25, -0.2) is 0 Å². The number of carbonyl (C=O) groups is 5. The van der Waals surface area contributed by atoms with E-state index in [2.05, 4.69) is 6.92 Å². The van der Waals surface area contributed by atoms with Crippen LogP contribution in [0.5, 0.6) is 5.75 Å². The van der Waals surface area contributed by atoms with E-state index < -0.39 is 63.1 Å². The molecule has 0 amide bonds. The fourth-order valence-corrected chi connectivity index (χ4v) is 9.18. The van der Waals surface area contributed by atoms with E-state index >= 15 is 0 Å². The number of fused-ring (bicyclic) bond motifs is 3. The topological polar surface area (TPSA) is 126 Å². The number of Topliss-reactive ketones (excluding diaryl/α,β-unsaturated/α-hetero) is 5. The van der Waals surface area contributed by atoms with E-state index in [1.54, 1.807) is 27.7 Å². The molecule has 40 heavy (non-hydrogen) atoms. The molecular formula is C33H42O7. The van der Waals surface area contributed by atoms with Gasteiger partial charge in [0.05, 0.1) is 11.5 Å². The smallest absolute Gasteiger partial charge is 0.190 e. The van der Waals surface area contributed by atoms with E-state index in [-0.39, 0.29) is 30.1 Å². The number of aliphatic hydroxyl groups is 1. The first kappa shape index (κ1) is 28.8. The first-order valence-electron chi connectivity index (χ1n) is 14.8. The maximum absolute atomic E-state index is 14.3. The maximum Gasteiger partial charge on any atom is 0.190 e. The molecule has 0 spiro atoms. The molecule has 3 saturated carbocycles. The average molecular weight is 551 g/mol. The van der Waals surface area contributed by atoms with E-state index in [9.17, 15) is 34.2 Å². The SMILES string of the molecule is CC(=O)C1C(=O)C(C(C)C)[C@@]2(C)C[C@@]3(C)Cc4ccc(CC5CCC(C)CC5)c(O)c4C(=O)C3C(=O)[C@@]2(O)C1=O. The van der Waals surface area contributed by atoms with Crippen molar-refractivity contribution in [1.82, 2.24) is 0 Å². The lowest BCUT2D eigenvalue weighted by atomic mass is 9.40. The molecule has 0 aromatic heterocycles. The van der Waals surface area contributed by atoms with Crippen molar-refractivity contribution < 1.29 is 34.2 Å². The monoisotopic (exact) mass is 550 g/mol. The van der Waals surface area contributed by atoms with Crippen molar-refractivity contribution in [3.8, 4) is 5.75 Å². The van der Waals surface area contributed by atoms with Gasteiger partial charge in [-0.15, -0.1) is 0 Å². The molecule has 4 aliphatic rings. The van der Waals surface area contributed by atoms with Crippen molar-refractivity contribution in [2.75, 3.05) is 0 Å². The number of phenolic OH excluding ortho intramolecular Hbond substituents is 1. The molecule has 0 radical (unpaired) electrons. The van der Waals surface area contributed by atoms with Gasteiger partial charge in [0, 0.05) is 11.3 Å². The summed E-state index contributed by atoms with van der Waals surface area (Å²) in [6, 6.07) is 3.75. The van der Waals surface area contributed by atoms with Gasteiger partial charge in [-0.3, -0.25) is 24.0 Å². The van der Waals surface area contributed by atoms with Crippen LogP contribution in [-0.4, -0.2) is 44.7 Å². The number of phenols is 1. The molecule has 7 nitrogen and oxygen atoms in total. The van der Waals surface area contributed by atoms with Gasteiger partial charge in [-0.05, 0) is 73.3 Å². The summed E-state index contributed by atoms with van der Waals surface area (Å²) in [7, 11) is 0. The number of benzene rings is 1. The highest BCUT2D eigenvalue weighted by Gasteiger charge is 2.76. The Kier molecular flexibility index (Phi) is 6.80. The molecule has 0 saturated heterocycles. The normalized spacial score (nSPS) is 39.5. The molecule has 1 aromatic carbocycles. The third-order valence-electron chi connectivity index (χ3n) is 11.0. The molecule has 216 valence electrons. The predicted octanol–water partition coefficient (Wildman–Crippen LogP) is 4.46. The molecule has 7 heteroatoms. The van der Waals surface area contributed by atoms with E-state index in [1.807, 2.05) is 12.1 Å². The van der Waals surface area contributed by atoms with Gasteiger partial charge in [-0.1, -0.05) is 59.6 Å². The summed E-state index contributed by atoms with van der Waals surface area (Å²) >= 11 is 0. The summed E-state index contributed by atoms with van der Waals surface area (Å²) in [6.07, 6.45) is 5.40. The van der Waals surface area contributed by atoms with Crippen LogP contribution in [0.15, 0.2) is 12.1 Å². The number of hydrogen-bond acceptors (Lipinski definition) is 7. The minimum atomic E-state index is -2.66. The van der Waals surface area contributed by atoms with Crippen LogP contribution in [0.2, 0.25) is 0 Å². The van der Waals surface area contributed by atoms with Crippen LogP contribution in [-0.2, 0) is 32.0 Å². The Morgan fingerprint density at radius 1 is 1.02 bits per heavy atom. The molecule has 3 fully saturated rings. The van der Waals surface area contributed by atoms with Crippen molar-refractivity contribution in [2.24, 2.45) is 46.3 Å². The Morgan fingerprint density at radius 2 is 1.65 bits per heavy atom. The minimum Gasteiger partial charge on any atom is -0.507 e. The lowest BCUT2D eigenvalue weighted by Crippen LogP contribution is -2.76. The molecule has 1 aromatic rings. The highest BCUT2D eigenvalue weighted by molar-refractivity contribution is 6.32. The standard InChI is InChI=1S/C33H42O7/c1-16(2)24-27(36)22(18(4)34)29(38)33(40)30(39)25-28(37)23-21(14-31(25,5)15-32(24,33)6)12-11-20(26(23)35)13-19-9-7-17(3)8-10-19/h11-12,16-17,19,22,24-25,35,40H,7-10,13-15H2,1-6H3/t17?,19?,22?,24?,25?,31-,32-,33+/m1/s1. The van der Waals surface area contributed by atoms with E-state index in [1.165, 1.54) is 0 Å². The third kappa shape index (κ3) is 3.83. The Bertz CT molecular complexity index is 1320. The van der Waals surface area contributed by atoms with Crippen LogP contribution in [0.3, 0.4) is 0 Å². The molecule has 3 unspecified atom stereocenters. The maximum atomic E-state index is 14.3. The lowest BCUT2D eigenvalue weighted by Gasteiger charge is -2.61. The molecule has 0 aliphatic heterocycles. The molecule has 0 bridgehead atoms. The van der Waals surface area contributed by atoms with Crippen molar-refractivity contribution in [1.29, 1.82) is 0 Å². The van der Waals surface area contributed by atoms with Crippen LogP contribution in [0.1, 0.15) is 95.1 Å². The van der Waals surface area contributed by atoms with Crippen LogP contribution in [0, 0.1) is 46.3 Å². The highest BCUT2D eigenvalue weighted by atomic mass is 16.3. The molecule has 2 N–H and O–H groups in total. The van der Waals surface area contributed by atoms with Gasteiger partial charge in [0.2, 0.25) is 0 Å². The average Bonchev–Trinajstić information content (AvgIpc) is 2.84. The molecule has 4 aliphatic carbocycles. The quantitative estimate of drug-likeness (QED) is 0.530. The second-order valence-electron chi connectivity index (χ2n) is 14.3. The Morgan fingerprint density at radius 3 is 2.23 bits per heavy atom. The van der Waals surface area contributed by atoms with Gasteiger partial charge in [0.1, 0.15) is 17.5 Å². The van der Waals surface area contributed by atoms with Crippen molar-refractivity contribution >= 4 is 28.9 Å². The Balaban J connectivity index is 1.60. The number of carbonyl (C=O) groups excluding carboxylic acids is 5. The summed E-state index contributed by atoms with van der Waals surface area (Å²) in [5, 5.41) is 23.5. The second kappa shape index (κ2) is 9.43. The fraction of sp³-hybridized carbons (Fsp3) is 0.667. The zero-order chi connectivity index (χ0) is 29.5. The first-order chi connectivity index (χ1) is 18.6. The molecule has 6 atom stereocenters. The van der Waals surface area contributed by atoms with Gasteiger partial charge in [0.15, 0.2) is 28.7 Å². The van der Waals surface area contributed by atoms with E-state index in [0.29, 0.717) is 29.4 Å². The predicted molar refractivity (Wildman–Crippen MR) is 148 cm³/mol. The summed E-state index contributed by atoms with van der Waals surface area (Å²) in [6.45, 7) is 10.3. The minimum absolute atomic E-state index is 0.0752. The van der Waals surface area contributed by atoms with Crippen molar-refractivity contribution in [3.63, 3.8) is 0 Å². The number of rotatable bonds is 4. The van der Waals surface area contributed by atoms with E-state index in [0.717, 1.165) is 32.6 Å². The molecule has 5 rings (SSSR count). The summed E-state index contributed by atoms with van der Waals surface area (Å²) in [5.41, 5.74) is -3.70. The van der Waals surface area contributed by atoms with Crippen LogP contribution < -0.4 is 0 Å². The second-order valence-corrected chi connectivity index (χ2v) is 14.3. The van der Waals surface area contributed by atoms with Crippen molar-refractivity contribution in [2.45, 2.75) is 92.1 Å². The third-order valence-corrected chi connectivity index (χ3v) is 11.0. The van der Waals surface area contributed by atoms with Gasteiger partial charge < -0.3 is 10.2 Å². The number of ketones is 5. The van der Waals surface area contributed by atoms with Crippen LogP contribution in [0.4, 0.5) is 0 Å². The fourth-order valence-electron chi connectivity index (χ4n) is 9.18. The van der Waals surface area contributed by atoms with Crippen LogP contribution in [0.25, 0.3) is 0 Å². The summed E-state index contributed by atoms with van der Waals surface area (Å²) in [5.74, 6) is -7.30. The van der Waals surface area contributed by atoms with Crippen LogP contribution >= 0.6 is 0 Å². The Hall–Kier alpha value is -2.67. The Labute approximate surface area is 236 Å². The lowest BCUT2D eigenvalue weighted by molar-refractivity contribution is -0.205. The van der Waals surface area contributed by atoms with Gasteiger partial charge >= 0.3 is 0 Å². The zero-order valence-electron chi connectivity index (χ0n) is 24.5. The summed E-state index contributed by atoms with van der Waals surface area (Å²) < 4.78 is 0. The molecular weight excluding hydrogens is 508 g/mol. The first-order valence-corrected chi connectivity index (χ1v) is 14.8. The molecule has 0 heterocycles. The number of aromatic hydroxyl groups is 1. The highest BCUT2D eigenvalue weighted by Crippen LogP contribution is 2.63. The van der Waals surface area contributed by atoms with Crippen molar-refractivity contribution in [3.05, 3.63) is 28.8 Å². The van der Waals surface area contributed by atoms with Gasteiger partial charge in [0.25, 0.3) is 0 Å². The number of hydrogen-bond donors (Lipinski definition) is 2. The summed E-state index contributed by atoms with van der Waals surface area (Å²) in [4.78, 5) is 68.3.